The Morgan fingerprint density at radius 2 is 1.76 bits per heavy atom. The van der Waals surface area contributed by atoms with Gasteiger partial charge in [0.15, 0.2) is 0 Å². The topological polar surface area (TPSA) is 49.0 Å². The van der Waals surface area contributed by atoms with Crippen LogP contribution in [0.3, 0.4) is 0 Å². The molecule has 1 aliphatic heterocycles. The van der Waals surface area contributed by atoms with Gasteiger partial charge in [-0.15, -0.1) is 11.3 Å². The van der Waals surface area contributed by atoms with E-state index in [2.05, 4.69) is 32.2 Å². The SMILES string of the molecule is C=Cc1nc2ccccc2s1.N1PNPNP1. The number of hydrogen-bond acceptors (Lipinski definition) is 5. The molecule has 0 spiro atoms. The molecule has 0 atom stereocenters. The summed E-state index contributed by atoms with van der Waals surface area (Å²) in [6, 6.07) is 8.10. The molecule has 4 nitrogen and oxygen atoms in total. The van der Waals surface area contributed by atoms with Crippen LogP contribution in [0.1, 0.15) is 5.01 Å². The van der Waals surface area contributed by atoms with E-state index in [0.29, 0.717) is 0 Å². The second-order valence-electron chi connectivity index (χ2n) is 2.97. The minimum Gasteiger partial charge on any atom is -0.254 e. The maximum atomic E-state index is 4.33. The lowest BCUT2D eigenvalue weighted by atomic mass is 10.3. The summed E-state index contributed by atoms with van der Waals surface area (Å²) in [4.78, 5) is 13.7. The van der Waals surface area contributed by atoms with Crippen molar-refractivity contribution in [3.63, 3.8) is 0 Å². The van der Waals surface area contributed by atoms with E-state index >= 15 is 0 Å². The van der Waals surface area contributed by atoms with Crippen LogP contribution in [0.4, 0.5) is 0 Å². The highest BCUT2D eigenvalue weighted by Crippen LogP contribution is 2.23. The van der Waals surface area contributed by atoms with E-state index in [1.807, 2.05) is 18.2 Å². The maximum Gasteiger partial charge on any atom is 0.116 e. The minimum absolute atomic E-state index is 0.764. The number of nitrogens with one attached hydrogen (secondary N) is 3. The zero-order chi connectivity index (χ0) is 11.9. The molecular formula is C9H13N4P3S. The van der Waals surface area contributed by atoms with Gasteiger partial charge in [-0.1, -0.05) is 18.7 Å². The predicted molar refractivity (Wildman–Crippen MR) is 84.1 cm³/mol. The Hall–Kier alpha value is 0.0200. The van der Waals surface area contributed by atoms with Gasteiger partial charge in [-0.2, -0.15) is 0 Å². The molecule has 2 aromatic rings. The third-order valence-electron chi connectivity index (χ3n) is 1.86. The van der Waals surface area contributed by atoms with Crippen molar-refractivity contribution in [1.29, 1.82) is 0 Å². The van der Waals surface area contributed by atoms with Crippen molar-refractivity contribution in [2.75, 3.05) is 0 Å². The van der Waals surface area contributed by atoms with Crippen molar-refractivity contribution in [2.45, 2.75) is 0 Å². The normalized spacial score (nSPS) is 19.3. The quantitative estimate of drug-likeness (QED) is 0.708. The number of aromatic nitrogens is 1. The number of thiazole rings is 1. The van der Waals surface area contributed by atoms with Gasteiger partial charge in [-0.3, -0.25) is 14.6 Å². The fraction of sp³-hybridized carbons (Fsp3) is 0. The number of benzene rings is 1. The standard InChI is InChI=1S/C9H7NS.H6N3P3/c1-2-9-10-7-5-3-4-6-8(7)11-9;1-4-2-6-3-5-1/h2-6H,1H2;1-6H. The fourth-order valence-corrected chi connectivity index (χ4v) is 5.17. The number of hydrogen-bond donors (Lipinski definition) is 3. The molecule has 0 unspecified atom stereocenters. The maximum absolute atomic E-state index is 4.33. The third-order valence-corrected chi connectivity index (χ3v) is 5.89. The van der Waals surface area contributed by atoms with Gasteiger partial charge < -0.3 is 0 Å². The molecule has 1 aromatic heterocycles. The van der Waals surface area contributed by atoms with Gasteiger partial charge >= 0.3 is 0 Å². The van der Waals surface area contributed by atoms with Gasteiger partial charge in [0, 0.05) is 26.6 Å². The molecular weight excluding hydrogens is 289 g/mol. The monoisotopic (exact) mass is 302 g/mol. The first-order valence-electron chi connectivity index (χ1n) is 4.88. The first-order chi connectivity index (χ1) is 8.40. The van der Waals surface area contributed by atoms with Crippen molar-refractivity contribution in [2.24, 2.45) is 0 Å². The Labute approximate surface area is 110 Å². The Morgan fingerprint density at radius 3 is 2.29 bits per heavy atom. The number of rotatable bonds is 1. The first kappa shape index (κ1) is 13.5. The summed E-state index contributed by atoms with van der Waals surface area (Å²) in [5.41, 5.74) is 1.06. The van der Waals surface area contributed by atoms with E-state index in [9.17, 15) is 0 Å². The van der Waals surface area contributed by atoms with Crippen LogP contribution in [-0.2, 0) is 0 Å². The molecule has 0 bridgehead atoms. The highest BCUT2D eigenvalue weighted by atomic mass is 32.1. The zero-order valence-corrected chi connectivity index (χ0v) is 12.8. The molecule has 1 saturated heterocycles. The predicted octanol–water partition coefficient (Wildman–Crippen LogP) is 3.23. The lowest BCUT2D eigenvalue weighted by Crippen LogP contribution is -2.07. The summed E-state index contributed by atoms with van der Waals surface area (Å²) in [6.07, 6.45) is 1.78. The molecule has 2 heterocycles. The molecule has 8 heteroatoms. The lowest BCUT2D eigenvalue weighted by Gasteiger charge is -2.12. The molecule has 0 saturated carbocycles. The summed E-state index contributed by atoms with van der Waals surface area (Å²) >= 11 is 1.67. The zero-order valence-electron chi connectivity index (χ0n) is 8.95. The van der Waals surface area contributed by atoms with E-state index in [4.69, 9.17) is 0 Å². The second-order valence-corrected chi connectivity index (χ2v) is 7.79. The average molecular weight is 302 g/mol. The molecule has 0 radical (unpaired) electrons. The largest absolute Gasteiger partial charge is 0.254 e. The van der Waals surface area contributed by atoms with Crippen molar-refractivity contribution in [3.05, 3.63) is 35.9 Å². The Bertz CT molecular complexity index is 441. The van der Waals surface area contributed by atoms with E-state index in [-0.39, 0.29) is 0 Å². The molecule has 1 aromatic carbocycles. The molecule has 0 amide bonds. The highest BCUT2D eigenvalue weighted by molar-refractivity contribution is 7.65. The van der Waals surface area contributed by atoms with Crippen LogP contribution in [0.15, 0.2) is 30.8 Å². The minimum atomic E-state index is 0.764. The Morgan fingerprint density at radius 1 is 1.12 bits per heavy atom. The highest BCUT2D eigenvalue weighted by Gasteiger charge is 1.97. The van der Waals surface area contributed by atoms with Gasteiger partial charge in [0.25, 0.3) is 0 Å². The summed E-state index contributed by atoms with van der Waals surface area (Å²) in [5.74, 6) is 0. The first-order valence-corrected chi connectivity index (χ1v) is 8.70. The molecule has 3 rings (SSSR count). The van der Waals surface area contributed by atoms with E-state index in [0.717, 1.165) is 37.2 Å². The van der Waals surface area contributed by atoms with Crippen LogP contribution < -0.4 is 14.6 Å². The molecule has 3 N–H and O–H groups in total. The molecule has 0 aliphatic carbocycles. The summed E-state index contributed by atoms with van der Waals surface area (Å²) in [7, 11) is 2.29. The smallest absolute Gasteiger partial charge is 0.116 e. The van der Waals surface area contributed by atoms with Crippen LogP contribution >= 0.6 is 38.0 Å². The lowest BCUT2D eigenvalue weighted by molar-refractivity contribution is 1.44. The molecule has 1 aliphatic rings. The van der Waals surface area contributed by atoms with Crippen molar-refractivity contribution in [1.82, 2.24) is 19.6 Å². The van der Waals surface area contributed by atoms with Crippen LogP contribution in [0.5, 0.6) is 0 Å². The van der Waals surface area contributed by atoms with E-state index in [1.54, 1.807) is 17.4 Å². The summed E-state index contributed by atoms with van der Waals surface area (Å²) in [5, 5.41) is 0.992. The van der Waals surface area contributed by atoms with Crippen molar-refractivity contribution in [3.8, 4) is 0 Å². The van der Waals surface area contributed by atoms with Crippen LogP contribution in [0.2, 0.25) is 0 Å². The van der Waals surface area contributed by atoms with Gasteiger partial charge in [-0.05, 0) is 18.2 Å². The average Bonchev–Trinajstić information content (AvgIpc) is 2.84. The van der Waals surface area contributed by atoms with Crippen LogP contribution in [0.25, 0.3) is 16.3 Å². The van der Waals surface area contributed by atoms with Crippen molar-refractivity contribution >= 4 is 54.3 Å². The van der Waals surface area contributed by atoms with Crippen molar-refractivity contribution < 1.29 is 0 Å². The van der Waals surface area contributed by atoms with Gasteiger partial charge in [0.2, 0.25) is 0 Å². The van der Waals surface area contributed by atoms with Crippen LogP contribution in [0, 0.1) is 0 Å². The Balaban J connectivity index is 0.000000153. The second kappa shape index (κ2) is 7.45. The van der Waals surface area contributed by atoms with Crippen LogP contribution in [-0.4, -0.2) is 4.98 Å². The summed E-state index contributed by atoms with van der Waals surface area (Å²) < 4.78 is 1.22. The number of nitrogens with zero attached hydrogens (tertiary/aromatic N) is 1. The number of fused-ring (bicyclic) bond motifs is 1. The van der Waals surface area contributed by atoms with Gasteiger partial charge in [0.05, 0.1) is 10.2 Å². The van der Waals surface area contributed by atoms with E-state index in [1.165, 1.54) is 4.70 Å². The fourth-order valence-electron chi connectivity index (χ4n) is 1.16. The Kier molecular flexibility index (Phi) is 5.90. The van der Waals surface area contributed by atoms with Gasteiger partial charge in [-0.25, -0.2) is 4.98 Å². The number of para-hydroxylation sites is 1. The molecule has 17 heavy (non-hydrogen) atoms. The third kappa shape index (κ3) is 4.31. The van der Waals surface area contributed by atoms with E-state index < -0.39 is 0 Å². The molecule has 1 fully saturated rings. The summed E-state index contributed by atoms with van der Waals surface area (Å²) in [6.45, 7) is 3.67. The molecule has 90 valence electrons. The van der Waals surface area contributed by atoms with Gasteiger partial charge in [0.1, 0.15) is 5.01 Å².